The standard InChI is InChI=1S/C7H14FNO/c8-5-7(6-10)1-3-9-4-2-7/h9-10H,1-6H2. The van der Waals surface area contributed by atoms with Crippen molar-refractivity contribution >= 4 is 0 Å². The smallest absolute Gasteiger partial charge is 0.0973 e. The van der Waals surface area contributed by atoms with Crippen LogP contribution in [0.15, 0.2) is 0 Å². The molecule has 0 spiro atoms. The number of hydrogen-bond donors (Lipinski definition) is 2. The molecule has 3 heteroatoms. The fourth-order valence-corrected chi connectivity index (χ4v) is 1.29. The Balaban J connectivity index is 2.44. The highest BCUT2D eigenvalue weighted by atomic mass is 19.1. The predicted molar refractivity (Wildman–Crippen MR) is 37.6 cm³/mol. The summed E-state index contributed by atoms with van der Waals surface area (Å²) in [6.45, 7) is 1.28. The first-order valence-corrected chi connectivity index (χ1v) is 3.70. The molecule has 1 aliphatic rings. The van der Waals surface area contributed by atoms with Gasteiger partial charge in [0.1, 0.15) is 0 Å². The number of rotatable bonds is 2. The van der Waals surface area contributed by atoms with Gasteiger partial charge in [0.15, 0.2) is 0 Å². The highest BCUT2D eigenvalue weighted by Gasteiger charge is 2.30. The summed E-state index contributed by atoms with van der Waals surface area (Å²) in [6, 6.07) is 0. The van der Waals surface area contributed by atoms with Crippen molar-refractivity contribution < 1.29 is 9.50 Å². The Hall–Kier alpha value is -0.150. The second-order valence-corrected chi connectivity index (χ2v) is 3.04. The minimum Gasteiger partial charge on any atom is -0.396 e. The molecule has 0 atom stereocenters. The molecule has 0 aromatic carbocycles. The first-order chi connectivity index (χ1) is 4.83. The molecule has 1 rings (SSSR count). The lowest BCUT2D eigenvalue weighted by Gasteiger charge is -2.32. The maximum Gasteiger partial charge on any atom is 0.0973 e. The third-order valence-electron chi connectivity index (χ3n) is 2.28. The Kier molecular flexibility index (Phi) is 2.63. The summed E-state index contributed by atoms with van der Waals surface area (Å²) >= 11 is 0. The fraction of sp³-hybridized carbons (Fsp3) is 1.00. The van der Waals surface area contributed by atoms with Crippen molar-refractivity contribution in [3.8, 4) is 0 Å². The average Bonchev–Trinajstić information content (AvgIpc) is 2.06. The van der Waals surface area contributed by atoms with E-state index in [-0.39, 0.29) is 13.3 Å². The molecule has 1 saturated heterocycles. The van der Waals surface area contributed by atoms with Gasteiger partial charge in [0.2, 0.25) is 0 Å². The van der Waals surface area contributed by atoms with Gasteiger partial charge in [0.25, 0.3) is 0 Å². The first-order valence-electron chi connectivity index (χ1n) is 3.70. The quantitative estimate of drug-likeness (QED) is 0.589. The zero-order chi connectivity index (χ0) is 7.45. The van der Waals surface area contributed by atoms with E-state index in [9.17, 15) is 4.39 Å². The Morgan fingerprint density at radius 3 is 2.30 bits per heavy atom. The van der Waals surface area contributed by atoms with Crippen LogP contribution in [-0.2, 0) is 0 Å². The van der Waals surface area contributed by atoms with E-state index in [1.807, 2.05) is 0 Å². The minimum atomic E-state index is -0.411. The van der Waals surface area contributed by atoms with Crippen LogP contribution >= 0.6 is 0 Å². The molecule has 2 N–H and O–H groups in total. The molecule has 2 nitrogen and oxygen atoms in total. The van der Waals surface area contributed by atoms with Crippen LogP contribution in [0.25, 0.3) is 0 Å². The van der Waals surface area contributed by atoms with Gasteiger partial charge in [-0.25, -0.2) is 0 Å². The van der Waals surface area contributed by atoms with E-state index in [2.05, 4.69) is 5.32 Å². The lowest BCUT2D eigenvalue weighted by molar-refractivity contribution is 0.0626. The van der Waals surface area contributed by atoms with Gasteiger partial charge < -0.3 is 10.4 Å². The molecule has 0 saturated carbocycles. The molecule has 0 aliphatic carbocycles. The van der Waals surface area contributed by atoms with Crippen molar-refractivity contribution in [2.45, 2.75) is 12.8 Å². The number of aliphatic hydroxyl groups is 1. The van der Waals surface area contributed by atoms with Crippen LogP contribution in [0.3, 0.4) is 0 Å². The number of halogens is 1. The average molecular weight is 147 g/mol. The molecule has 0 unspecified atom stereocenters. The Morgan fingerprint density at radius 1 is 1.40 bits per heavy atom. The van der Waals surface area contributed by atoms with E-state index in [0.29, 0.717) is 0 Å². The summed E-state index contributed by atoms with van der Waals surface area (Å²) in [7, 11) is 0. The van der Waals surface area contributed by atoms with Gasteiger partial charge in [0.05, 0.1) is 13.3 Å². The van der Waals surface area contributed by atoms with E-state index >= 15 is 0 Å². The molecule has 60 valence electrons. The second-order valence-electron chi connectivity index (χ2n) is 3.04. The molecule has 0 bridgehead atoms. The van der Waals surface area contributed by atoms with Crippen molar-refractivity contribution in [1.82, 2.24) is 5.32 Å². The molecule has 0 radical (unpaired) electrons. The largest absolute Gasteiger partial charge is 0.396 e. The van der Waals surface area contributed by atoms with Crippen molar-refractivity contribution in [3.63, 3.8) is 0 Å². The molecule has 0 amide bonds. The summed E-state index contributed by atoms with van der Waals surface area (Å²) in [6.07, 6.45) is 1.53. The summed E-state index contributed by atoms with van der Waals surface area (Å²) in [5, 5.41) is 12.0. The van der Waals surface area contributed by atoms with E-state index in [1.165, 1.54) is 0 Å². The van der Waals surface area contributed by atoms with E-state index in [4.69, 9.17) is 5.11 Å². The highest BCUT2D eigenvalue weighted by molar-refractivity contribution is 4.83. The summed E-state index contributed by atoms with van der Waals surface area (Å²) in [4.78, 5) is 0. The van der Waals surface area contributed by atoms with Crippen LogP contribution in [0.2, 0.25) is 0 Å². The molecule has 1 fully saturated rings. The normalized spacial score (nSPS) is 24.6. The van der Waals surface area contributed by atoms with Gasteiger partial charge in [-0.2, -0.15) is 0 Å². The molecular formula is C7H14FNO. The van der Waals surface area contributed by atoms with Gasteiger partial charge >= 0.3 is 0 Å². The summed E-state index contributed by atoms with van der Waals surface area (Å²) < 4.78 is 12.3. The number of hydrogen-bond acceptors (Lipinski definition) is 2. The predicted octanol–water partition coefficient (Wildman–Crippen LogP) is 0.318. The SMILES string of the molecule is OCC1(CF)CCNCC1. The van der Waals surface area contributed by atoms with Crippen LogP contribution in [0.4, 0.5) is 4.39 Å². The molecule has 0 aromatic rings. The van der Waals surface area contributed by atoms with Crippen molar-refractivity contribution in [1.29, 1.82) is 0 Å². The van der Waals surface area contributed by atoms with E-state index in [0.717, 1.165) is 25.9 Å². The lowest BCUT2D eigenvalue weighted by Crippen LogP contribution is -2.40. The monoisotopic (exact) mass is 147 g/mol. The third-order valence-corrected chi connectivity index (χ3v) is 2.28. The zero-order valence-electron chi connectivity index (χ0n) is 6.07. The minimum absolute atomic E-state index is 0.00875. The maximum absolute atomic E-state index is 12.3. The van der Waals surface area contributed by atoms with Gasteiger partial charge in [0, 0.05) is 5.41 Å². The van der Waals surface area contributed by atoms with Gasteiger partial charge in [-0.15, -0.1) is 0 Å². The summed E-state index contributed by atoms with van der Waals surface area (Å²) in [5.41, 5.74) is -0.411. The van der Waals surface area contributed by atoms with Crippen LogP contribution in [-0.4, -0.2) is 31.5 Å². The number of aliphatic hydroxyl groups excluding tert-OH is 1. The lowest BCUT2D eigenvalue weighted by atomic mass is 9.81. The maximum atomic E-state index is 12.3. The highest BCUT2D eigenvalue weighted by Crippen LogP contribution is 2.27. The topological polar surface area (TPSA) is 32.3 Å². The Labute approximate surface area is 60.4 Å². The van der Waals surface area contributed by atoms with E-state index in [1.54, 1.807) is 0 Å². The second kappa shape index (κ2) is 3.30. The fourth-order valence-electron chi connectivity index (χ4n) is 1.29. The molecule has 1 aliphatic heterocycles. The number of piperidine rings is 1. The van der Waals surface area contributed by atoms with Crippen molar-refractivity contribution in [3.05, 3.63) is 0 Å². The van der Waals surface area contributed by atoms with Crippen LogP contribution < -0.4 is 5.32 Å². The van der Waals surface area contributed by atoms with Crippen LogP contribution in [0.5, 0.6) is 0 Å². The molecular weight excluding hydrogens is 133 g/mol. The number of alkyl halides is 1. The zero-order valence-corrected chi connectivity index (χ0v) is 6.07. The van der Waals surface area contributed by atoms with Crippen molar-refractivity contribution in [2.75, 3.05) is 26.4 Å². The van der Waals surface area contributed by atoms with Gasteiger partial charge in [-0.3, -0.25) is 4.39 Å². The Morgan fingerprint density at radius 2 is 2.00 bits per heavy atom. The molecule has 1 heterocycles. The van der Waals surface area contributed by atoms with E-state index < -0.39 is 5.41 Å². The van der Waals surface area contributed by atoms with Crippen LogP contribution in [0, 0.1) is 5.41 Å². The van der Waals surface area contributed by atoms with Gasteiger partial charge in [-0.1, -0.05) is 0 Å². The van der Waals surface area contributed by atoms with Crippen LogP contribution in [0.1, 0.15) is 12.8 Å². The first kappa shape index (κ1) is 7.95. The molecule has 0 aromatic heterocycles. The Bertz CT molecular complexity index is 95.8. The summed E-state index contributed by atoms with van der Waals surface area (Å²) in [5.74, 6) is 0. The van der Waals surface area contributed by atoms with Crippen molar-refractivity contribution in [2.24, 2.45) is 5.41 Å². The molecule has 10 heavy (non-hydrogen) atoms. The number of nitrogens with one attached hydrogen (secondary N) is 1. The van der Waals surface area contributed by atoms with Gasteiger partial charge in [-0.05, 0) is 25.9 Å². The third kappa shape index (κ3) is 1.47.